The summed E-state index contributed by atoms with van der Waals surface area (Å²) in [6.07, 6.45) is 4.35. The lowest BCUT2D eigenvalue weighted by atomic mass is 10.3. The number of sulfonamides is 1. The molecule has 1 aromatic heterocycles. The summed E-state index contributed by atoms with van der Waals surface area (Å²) in [7, 11) is -3.65. The standard InChI is InChI=1S/C12H16N2O3S/c1-3-7-14(8-4-2)18(16,17)12-6-5-11(10-15)9-13-12/h3-6,9,15H,1-2,7-8,10H2. The van der Waals surface area contributed by atoms with Crippen LogP contribution in [0.2, 0.25) is 0 Å². The monoisotopic (exact) mass is 268 g/mol. The van der Waals surface area contributed by atoms with E-state index >= 15 is 0 Å². The third-order valence-electron chi connectivity index (χ3n) is 2.25. The van der Waals surface area contributed by atoms with Gasteiger partial charge < -0.3 is 5.11 Å². The van der Waals surface area contributed by atoms with E-state index in [2.05, 4.69) is 18.1 Å². The molecule has 0 atom stereocenters. The Morgan fingerprint density at radius 1 is 1.28 bits per heavy atom. The van der Waals surface area contributed by atoms with E-state index in [4.69, 9.17) is 5.11 Å². The van der Waals surface area contributed by atoms with Crippen molar-refractivity contribution >= 4 is 10.0 Å². The van der Waals surface area contributed by atoms with Crippen LogP contribution < -0.4 is 0 Å². The molecule has 0 saturated carbocycles. The van der Waals surface area contributed by atoms with Crippen LogP contribution in [0.1, 0.15) is 5.56 Å². The molecule has 0 aliphatic heterocycles. The molecule has 0 bridgehead atoms. The predicted octanol–water partition coefficient (Wildman–Crippen LogP) is 0.937. The fourth-order valence-corrected chi connectivity index (χ4v) is 2.64. The third-order valence-corrected chi connectivity index (χ3v) is 4.00. The molecule has 0 aromatic carbocycles. The van der Waals surface area contributed by atoms with Gasteiger partial charge >= 0.3 is 0 Å². The lowest BCUT2D eigenvalue weighted by molar-refractivity contribution is 0.281. The molecule has 0 fully saturated rings. The van der Waals surface area contributed by atoms with Crippen LogP contribution in [-0.2, 0) is 16.6 Å². The second-order valence-corrected chi connectivity index (χ2v) is 5.45. The van der Waals surface area contributed by atoms with E-state index < -0.39 is 10.0 Å². The SMILES string of the molecule is C=CCN(CC=C)S(=O)(=O)c1ccc(CO)cn1. The largest absolute Gasteiger partial charge is 0.392 e. The number of aliphatic hydroxyl groups excluding tert-OH is 1. The summed E-state index contributed by atoms with van der Waals surface area (Å²) in [6, 6.07) is 2.90. The first-order chi connectivity index (χ1) is 8.56. The minimum Gasteiger partial charge on any atom is -0.392 e. The highest BCUT2D eigenvalue weighted by Crippen LogP contribution is 2.13. The molecular weight excluding hydrogens is 252 g/mol. The Labute approximate surface area is 107 Å². The summed E-state index contributed by atoms with van der Waals surface area (Å²) in [5.74, 6) is 0. The van der Waals surface area contributed by atoms with Crippen LogP contribution in [0.5, 0.6) is 0 Å². The topological polar surface area (TPSA) is 70.5 Å². The van der Waals surface area contributed by atoms with Crippen molar-refractivity contribution < 1.29 is 13.5 Å². The average Bonchev–Trinajstić information content (AvgIpc) is 2.38. The van der Waals surface area contributed by atoms with Crippen molar-refractivity contribution in [2.24, 2.45) is 0 Å². The highest BCUT2D eigenvalue weighted by atomic mass is 32.2. The number of rotatable bonds is 7. The molecular formula is C12H16N2O3S. The Bertz CT molecular complexity index is 499. The highest BCUT2D eigenvalue weighted by Gasteiger charge is 2.23. The molecule has 0 spiro atoms. The lowest BCUT2D eigenvalue weighted by Crippen LogP contribution is -2.32. The average molecular weight is 268 g/mol. The van der Waals surface area contributed by atoms with Crippen molar-refractivity contribution in [1.82, 2.24) is 9.29 Å². The molecule has 1 rings (SSSR count). The van der Waals surface area contributed by atoms with Crippen molar-refractivity contribution in [2.45, 2.75) is 11.6 Å². The first-order valence-corrected chi connectivity index (χ1v) is 6.78. The Kier molecular flexibility index (Phi) is 5.21. The molecule has 0 radical (unpaired) electrons. The zero-order valence-corrected chi connectivity index (χ0v) is 10.8. The summed E-state index contributed by atoms with van der Waals surface area (Å²) >= 11 is 0. The van der Waals surface area contributed by atoms with Crippen LogP contribution in [0.15, 0.2) is 48.7 Å². The van der Waals surface area contributed by atoms with Crippen molar-refractivity contribution in [3.8, 4) is 0 Å². The van der Waals surface area contributed by atoms with E-state index in [1.807, 2.05) is 0 Å². The van der Waals surface area contributed by atoms with Gasteiger partial charge in [0.05, 0.1) is 6.61 Å². The van der Waals surface area contributed by atoms with Gasteiger partial charge in [0.25, 0.3) is 10.0 Å². The van der Waals surface area contributed by atoms with Crippen molar-refractivity contribution in [3.63, 3.8) is 0 Å². The van der Waals surface area contributed by atoms with Gasteiger partial charge in [-0.25, -0.2) is 13.4 Å². The third kappa shape index (κ3) is 3.25. The maximum atomic E-state index is 12.2. The van der Waals surface area contributed by atoms with Gasteiger partial charge in [-0.1, -0.05) is 18.2 Å². The second-order valence-electron chi connectivity index (χ2n) is 3.56. The van der Waals surface area contributed by atoms with Crippen molar-refractivity contribution in [2.75, 3.05) is 13.1 Å². The van der Waals surface area contributed by atoms with Crippen LogP contribution in [0.4, 0.5) is 0 Å². The number of hydrogen-bond acceptors (Lipinski definition) is 4. The van der Waals surface area contributed by atoms with Gasteiger partial charge in [0.1, 0.15) is 0 Å². The fraction of sp³-hybridized carbons (Fsp3) is 0.250. The summed E-state index contributed by atoms with van der Waals surface area (Å²) in [4.78, 5) is 3.85. The lowest BCUT2D eigenvalue weighted by Gasteiger charge is -2.18. The normalized spacial score (nSPS) is 11.4. The minimum atomic E-state index is -3.65. The number of aliphatic hydroxyl groups is 1. The minimum absolute atomic E-state index is 0.0524. The zero-order valence-electron chi connectivity index (χ0n) is 9.99. The molecule has 18 heavy (non-hydrogen) atoms. The van der Waals surface area contributed by atoms with Gasteiger partial charge in [-0.2, -0.15) is 4.31 Å². The number of hydrogen-bond donors (Lipinski definition) is 1. The molecule has 1 aromatic rings. The molecule has 6 heteroatoms. The second kappa shape index (κ2) is 6.44. The van der Waals surface area contributed by atoms with Crippen LogP contribution in [0.3, 0.4) is 0 Å². The number of aromatic nitrogens is 1. The van der Waals surface area contributed by atoms with Crippen molar-refractivity contribution in [3.05, 3.63) is 49.2 Å². The molecule has 0 unspecified atom stereocenters. The summed E-state index contributed by atoms with van der Waals surface area (Å²) < 4.78 is 25.7. The van der Waals surface area contributed by atoms with E-state index in [-0.39, 0.29) is 24.7 Å². The van der Waals surface area contributed by atoms with E-state index in [1.54, 1.807) is 0 Å². The molecule has 0 saturated heterocycles. The summed E-state index contributed by atoms with van der Waals surface area (Å²) in [5, 5.41) is 8.83. The van der Waals surface area contributed by atoms with E-state index in [1.165, 1.54) is 34.8 Å². The quantitative estimate of drug-likeness (QED) is 0.747. The van der Waals surface area contributed by atoms with Gasteiger partial charge in [-0.3, -0.25) is 0 Å². The molecule has 0 aliphatic carbocycles. The Balaban J connectivity index is 3.08. The maximum Gasteiger partial charge on any atom is 0.261 e. The van der Waals surface area contributed by atoms with Gasteiger partial charge in [0.15, 0.2) is 5.03 Å². The van der Waals surface area contributed by atoms with E-state index in [9.17, 15) is 8.42 Å². The summed E-state index contributed by atoms with van der Waals surface area (Å²) in [6.45, 7) is 7.26. The van der Waals surface area contributed by atoms with Crippen LogP contribution in [0.25, 0.3) is 0 Å². The Morgan fingerprint density at radius 2 is 1.89 bits per heavy atom. The molecule has 98 valence electrons. The molecule has 5 nitrogen and oxygen atoms in total. The Hall–Kier alpha value is -1.50. The van der Waals surface area contributed by atoms with Crippen LogP contribution in [0, 0.1) is 0 Å². The van der Waals surface area contributed by atoms with Gasteiger partial charge in [0.2, 0.25) is 0 Å². The van der Waals surface area contributed by atoms with Crippen LogP contribution >= 0.6 is 0 Å². The Morgan fingerprint density at radius 3 is 2.28 bits per heavy atom. The summed E-state index contributed by atoms with van der Waals surface area (Å²) in [5.41, 5.74) is 0.563. The highest BCUT2D eigenvalue weighted by molar-refractivity contribution is 7.89. The number of nitrogens with zero attached hydrogens (tertiary/aromatic N) is 2. The van der Waals surface area contributed by atoms with Gasteiger partial charge in [0, 0.05) is 19.3 Å². The first-order valence-electron chi connectivity index (χ1n) is 5.34. The number of pyridine rings is 1. The molecule has 0 aliphatic rings. The van der Waals surface area contributed by atoms with E-state index in [0.29, 0.717) is 5.56 Å². The smallest absolute Gasteiger partial charge is 0.261 e. The fourth-order valence-electron chi connectivity index (χ4n) is 1.35. The maximum absolute atomic E-state index is 12.2. The van der Waals surface area contributed by atoms with Gasteiger partial charge in [-0.15, -0.1) is 13.2 Å². The molecule has 1 heterocycles. The first kappa shape index (κ1) is 14.6. The zero-order chi connectivity index (χ0) is 13.6. The van der Waals surface area contributed by atoms with Crippen molar-refractivity contribution in [1.29, 1.82) is 0 Å². The predicted molar refractivity (Wildman–Crippen MR) is 69.3 cm³/mol. The van der Waals surface area contributed by atoms with E-state index in [0.717, 1.165) is 0 Å². The van der Waals surface area contributed by atoms with Crippen LogP contribution in [-0.4, -0.2) is 35.9 Å². The van der Waals surface area contributed by atoms with Gasteiger partial charge in [-0.05, 0) is 11.6 Å². The molecule has 0 amide bonds. The molecule has 1 N–H and O–H groups in total.